The van der Waals surface area contributed by atoms with Crippen molar-refractivity contribution < 1.29 is 14.7 Å². The van der Waals surface area contributed by atoms with Gasteiger partial charge in [-0.3, -0.25) is 14.3 Å². The maximum absolute atomic E-state index is 13.1. The van der Waals surface area contributed by atoms with E-state index < -0.39 is 11.9 Å². The minimum Gasteiger partial charge on any atom is -0.481 e. The van der Waals surface area contributed by atoms with Gasteiger partial charge in [-0.25, -0.2) is 0 Å². The molecule has 2 aromatic rings. The molecule has 25 heavy (non-hydrogen) atoms. The Kier molecular flexibility index (Phi) is 3.82. The Bertz CT molecular complexity index is 811. The van der Waals surface area contributed by atoms with E-state index in [4.69, 9.17) is 0 Å². The zero-order valence-corrected chi connectivity index (χ0v) is 14.1. The van der Waals surface area contributed by atoms with Crippen molar-refractivity contribution in [2.24, 2.45) is 24.8 Å². The topological polar surface area (TPSA) is 75.4 Å². The molecular formula is C19H21N3O3. The summed E-state index contributed by atoms with van der Waals surface area (Å²) in [5.74, 6) is -0.823. The van der Waals surface area contributed by atoms with Crippen molar-refractivity contribution >= 4 is 11.9 Å². The highest BCUT2D eigenvalue weighted by Gasteiger charge is 2.47. The first-order valence-corrected chi connectivity index (χ1v) is 8.65. The lowest BCUT2D eigenvalue weighted by atomic mass is 9.92. The molecule has 0 radical (unpaired) electrons. The van der Waals surface area contributed by atoms with Crippen molar-refractivity contribution in [1.29, 1.82) is 0 Å². The van der Waals surface area contributed by atoms with Gasteiger partial charge in [0.15, 0.2) is 0 Å². The van der Waals surface area contributed by atoms with Gasteiger partial charge in [0.1, 0.15) is 0 Å². The zero-order valence-electron chi connectivity index (χ0n) is 14.1. The van der Waals surface area contributed by atoms with Crippen LogP contribution in [0.3, 0.4) is 0 Å². The van der Waals surface area contributed by atoms with Crippen molar-refractivity contribution in [1.82, 2.24) is 14.7 Å². The van der Waals surface area contributed by atoms with Gasteiger partial charge in [-0.15, -0.1) is 0 Å². The van der Waals surface area contributed by atoms with Gasteiger partial charge >= 0.3 is 5.97 Å². The second kappa shape index (κ2) is 6.02. The molecule has 0 spiro atoms. The third-order valence-electron chi connectivity index (χ3n) is 5.41. The van der Waals surface area contributed by atoms with Crippen LogP contribution in [0, 0.1) is 17.8 Å². The van der Waals surface area contributed by atoms with Crippen molar-refractivity contribution in [2.45, 2.75) is 12.8 Å². The summed E-state index contributed by atoms with van der Waals surface area (Å²) >= 11 is 0. The molecule has 1 N–H and O–H groups in total. The molecular weight excluding hydrogens is 318 g/mol. The molecule has 130 valence electrons. The molecule has 2 aliphatic rings. The molecule has 6 heteroatoms. The van der Waals surface area contributed by atoms with Crippen LogP contribution in [0.2, 0.25) is 0 Å². The number of carboxylic acid groups (broad SMARTS) is 1. The fourth-order valence-electron chi connectivity index (χ4n) is 3.96. The molecule has 1 aliphatic heterocycles. The number of benzene rings is 1. The smallest absolute Gasteiger partial charge is 0.308 e. The Balaban J connectivity index is 1.63. The van der Waals surface area contributed by atoms with Crippen LogP contribution >= 0.6 is 0 Å². The second-order valence-corrected chi connectivity index (χ2v) is 7.05. The van der Waals surface area contributed by atoms with E-state index >= 15 is 0 Å². The predicted octanol–water partition coefficient (Wildman–Crippen LogP) is 2.27. The van der Waals surface area contributed by atoms with Crippen LogP contribution in [-0.4, -0.2) is 44.8 Å². The molecule has 1 aromatic heterocycles. The Morgan fingerprint density at radius 2 is 1.88 bits per heavy atom. The van der Waals surface area contributed by atoms with Gasteiger partial charge in [0, 0.05) is 25.7 Å². The fraction of sp³-hybridized carbons (Fsp3) is 0.421. The first-order valence-electron chi connectivity index (χ1n) is 8.65. The standard InChI is InChI=1S/C19H21N3O3/c1-21-17(13-5-3-2-4-6-13)14(9-20-21)18(23)22-10-15(12-7-8-12)16(11-22)19(24)25/h2-6,9,12,15-16H,7-8,10-11H2,1H3,(H,24,25)/t15-,16+/m1/s1. The Hall–Kier alpha value is -2.63. The highest BCUT2D eigenvalue weighted by atomic mass is 16.4. The third-order valence-corrected chi connectivity index (χ3v) is 5.41. The lowest BCUT2D eigenvalue weighted by Crippen LogP contribution is -2.30. The predicted molar refractivity (Wildman–Crippen MR) is 91.9 cm³/mol. The molecule has 1 aliphatic carbocycles. The summed E-state index contributed by atoms with van der Waals surface area (Å²) in [5.41, 5.74) is 2.24. The Labute approximate surface area is 146 Å². The van der Waals surface area contributed by atoms with Crippen molar-refractivity contribution in [3.05, 3.63) is 42.1 Å². The summed E-state index contributed by atoms with van der Waals surface area (Å²) in [6, 6.07) is 9.68. The van der Waals surface area contributed by atoms with Gasteiger partial charge in [-0.1, -0.05) is 30.3 Å². The number of carbonyl (C=O) groups excluding carboxylic acids is 1. The lowest BCUT2D eigenvalue weighted by Gasteiger charge is -2.16. The number of aryl methyl sites for hydroxylation is 1. The van der Waals surface area contributed by atoms with Crippen LogP contribution in [0.15, 0.2) is 36.5 Å². The molecule has 1 aromatic carbocycles. The average molecular weight is 339 g/mol. The SMILES string of the molecule is Cn1ncc(C(=O)N2C[C@H](C(=O)O)[C@@H](C3CC3)C2)c1-c1ccccc1. The van der Waals surface area contributed by atoms with E-state index in [1.807, 2.05) is 37.4 Å². The minimum absolute atomic E-state index is 0.0818. The summed E-state index contributed by atoms with van der Waals surface area (Å²) in [4.78, 5) is 26.4. The molecule has 0 unspecified atom stereocenters. The highest BCUT2D eigenvalue weighted by molar-refractivity contribution is 6.00. The van der Waals surface area contributed by atoms with Crippen LogP contribution in [0.5, 0.6) is 0 Å². The molecule has 2 atom stereocenters. The van der Waals surface area contributed by atoms with E-state index in [9.17, 15) is 14.7 Å². The van der Waals surface area contributed by atoms with E-state index in [1.165, 1.54) is 0 Å². The fourth-order valence-corrected chi connectivity index (χ4v) is 3.96. The number of aromatic nitrogens is 2. The maximum Gasteiger partial charge on any atom is 0.308 e. The van der Waals surface area contributed by atoms with Crippen molar-refractivity contribution in [3.8, 4) is 11.3 Å². The first-order chi connectivity index (χ1) is 12.1. The van der Waals surface area contributed by atoms with E-state index in [2.05, 4.69) is 5.10 Å². The summed E-state index contributed by atoms with van der Waals surface area (Å²) < 4.78 is 1.70. The monoisotopic (exact) mass is 339 g/mol. The molecule has 0 bridgehead atoms. The van der Waals surface area contributed by atoms with Crippen LogP contribution < -0.4 is 0 Å². The quantitative estimate of drug-likeness (QED) is 0.927. The number of likely N-dealkylation sites (tertiary alicyclic amines) is 1. The summed E-state index contributed by atoms with van der Waals surface area (Å²) in [6.45, 7) is 0.821. The number of carboxylic acids is 1. The molecule has 4 rings (SSSR count). The zero-order chi connectivity index (χ0) is 17.6. The van der Waals surface area contributed by atoms with Crippen LogP contribution in [0.25, 0.3) is 11.3 Å². The van der Waals surface area contributed by atoms with Gasteiger partial charge in [-0.05, 0) is 24.7 Å². The number of hydrogen-bond acceptors (Lipinski definition) is 3. The van der Waals surface area contributed by atoms with Crippen molar-refractivity contribution in [2.75, 3.05) is 13.1 Å². The molecule has 2 heterocycles. The number of aliphatic carboxylic acids is 1. The van der Waals surface area contributed by atoms with Crippen LogP contribution in [-0.2, 0) is 11.8 Å². The highest BCUT2D eigenvalue weighted by Crippen LogP contribution is 2.44. The molecule has 1 saturated carbocycles. The summed E-state index contributed by atoms with van der Waals surface area (Å²) in [6.07, 6.45) is 3.75. The molecule has 6 nitrogen and oxygen atoms in total. The number of carbonyl (C=O) groups is 2. The van der Waals surface area contributed by atoms with Crippen molar-refractivity contribution in [3.63, 3.8) is 0 Å². The van der Waals surface area contributed by atoms with Crippen LogP contribution in [0.4, 0.5) is 0 Å². The minimum atomic E-state index is -0.790. The van der Waals surface area contributed by atoms with Gasteiger partial charge in [0.25, 0.3) is 5.91 Å². The second-order valence-electron chi connectivity index (χ2n) is 7.05. The largest absolute Gasteiger partial charge is 0.481 e. The summed E-state index contributed by atoms with van der Waals surface area (Å²) in [7, 11) is 1.82. The molecule has 2 fully saturated rings. The van der Waals surface area contributed by atoms with E-state index in [0.717, 1.165) is 24.1 Å². The van der Waals surface area contributed by atoms with Crippen LogP contribution in [0.1, 0.15) is 23.2 Å². The van der Waals surface area contributed by atoms with Gasteiger partial charge < -0.3 is 10.0 Å². The Morgan fingerprint density at radius 3 is 2.52 bits per heavy atom. The first kappa shape index (κ1) is 15.9. The van der Waals surface area contributed by atoms with E-state index in [1.54, 1.807) is 15.8 Å². The summed E-state index contributed by atoms with van der Waals surface area (Å²) in [5, 5.41) is 13.8. The number of rotatable bonds is 4. The normalized spacial score (nSPS) is 23.0. The number of amides is 1. The Morgan fingerprint density at radius 1 is 1.16 bits per heavy atom. The third kappa shape index (κ3) is 2.81. The molecule has 1 amide bonds. The van der Waals surface area contributed by atoms with Gasteiger partial charge in [0.2, 0.25) is 0 Å². The number of nitrogens with zero attached hydrogens (tertiary/aromatic N) is 3. The number of hydrogen-bond donors (Lipinski definition) is 1. The maximum atomic E-state index is 13.1. The average Bonchev–Trinajstić information content (AvgIpc) is 3.23. The van der Waals surface area contributed by atoms with Gasteiger partial charge in [0.05, 0.1) is 23.4 Å². The van der Waals surface area contributed by atoms with E-state index in [-0.39, 0.29) is 11.8 Å². The lowest BCUT2D eigenvalue weighted by molar-refractivity contribution is -0.142. The van der Waals surface area contributed by atoms with E-state index in [0.29, 0.717) is 24.6 Å². The molecule has 1 saturated heterocycles. The van der Waals surface area contributed by atoms with Gasteiger partial charge in [-0.2, -0.15) is 5.10 Å².